The summed E-state index contributed by atoms with van der Waals surface area (Å²) < 4.78 is 26.7. The summed E-state index contributed by atoms with van der Waals surface area (Å²) in [6, 6.07) is 12.3. The van der Waals surface area contributed by atoms with Gasteiger partial charge in [0.15, 0.2) is 0 Å². The van der Waals surface area contributed by atoms with Crippen molar-refractivity contribution in [2.75, 3.05) is 38.0 Å². The summed E-state index contributed by atoms with van der Waals surface area (Å²) in [5.74, 6) is -0.112. The minimum atomic E-state index is -0.665. The molecular weight excluding hydrogens is 472 g/mol. The van der Waals surface area contributed by atoms with E-state index < -0.39 is 17.7 Å². The summed E-state index contributed by atoms with van der Waals surface area (Å²) in [6.45, 7) is 6.15. The average molecular weight is 510 g/mol. The molecule has 0 radical (unpaired) electrons. The van der Waals surface area contributed by atoms with Crippen LogP contribution >= 0.6 is 0 Å². The summed E-state index contributed by atoms with van der Waals surface area (Å²) in [6.07, 6.45) is 6.22. The fraction of sp³-hybridized carbons (Fsp3) is 0.500. The summed E-state index contributed by atoms with van der Waals surface area (Å²) in [5, 5.41) is 14.6. The van der Waals surface area contributed by atoms with E-state index in [2.05, 4.69) is 41.4 Å². The van der Waals surface area contributed by atoms with E-state index in [0.29, 0.717) is 43.1 Å². The van der Waals surface area contributed by atoms with Crippen LogP contribution in [0.2, 0.25) is 0 Å². The molecule has 7 heteroatoms. The van der Waals surface area contributed by atoms with Crippen LogP contribution < -0.4 is 5.32 Å². The molecule has 2 N–H and O–H groups in total. The van der Waals surface area contributed by atoms with Crippen LogP contribution in [0, 0.1) is 23.5 Å². The van der Waals surface area contributed by atoms with Crippen LogP contribution in [0.3, 0.4) is 0 Å². The Labute approximate surface area is 218 Å². The lowest BCUT2D eigenvalue weighted by atomic mass is 9.78. The van der Waals surface area contributed by atoms with E-state index in [1.807, 2.05) is 0 Å². The summed E-state index contributed by atoms with van der Waals surface area (Å²) in [5.41, 5.74) is 3.05. The first kappa shape index (κ1) is 25.9. The maximum Gasteiger partial charge on any atom is 0.246 e. The van der Waals surface area contributed by atoms with Crippen LogP contribution in [0.5, 0.6) is 0 Å². The van der Waals surface area contributed by atoms with Gasteiger partial charge in [-0.15, -0.1) is 0 Å². The van der Waals surface area contributed by atoms with Crippen molar-refractivity contribution in [1.82, 2.24) is 9.80 Å². The number of nitrogens with zero attached hydrogens (tertiary/aromatic N) is 2. The molecule has 37 heavy (non-hydrogen) atoms. The molecule has 5 rings (SSSR count). The molecule has 3 atom stereocenters. The van der Waals surface area contributed by atoms with E-state index in [4.69, 9.17) is 0 Å². The molecule has 3 aliphatic heterocycles. The molecule has 2 aromatic rings. The monoisotopic (exact) mass is 509 g/mol. The standard InChI is InChI=1S/C30H37F2N3O2/c1-20-30(26-4-2-3-5-27(26)33-20)23-8-12-34(13-9-23)19-28(36)22-10-14-35(15-11-22)29(37)7-6-21-16-24(31)18-25(32)17-21/h2-7,16-18,20,22-23,28,30,33,36H,8-15,19H2,1H3/b7-6+. The highest BCUT2D eigenvalue weighted by atomic mass is 19.1. The fourth-order valence-corrected chi connectivity index (χ4v) is 6.54. The normalized spacial score (nSPS) is 24.3. The van der Waals surface area contributed by atoms with Crippen molar-refractivity contribution in [2.24, 2.45) is 11.8 Å². The minimum Gasteiger partial charge on any atom is -0.392 e. The van der Waals surface area contributed by atoms with Crippen LogP contribution in [-0.2, 0) is 4.79 Å². The number of halogens is 2. The number of hydrogen-bond acceptors (Lipinski definition) is 4. The summed E-state index contributed by atoms with van der Waals surface area (Å²) in [4.78, 5) is 16.7. The van der Waals surface area contributed by atoms with E-state index in [1.165, 1.54) is 35.5 Å². The highest BCUT2D eigenvalue weighted by Crippen LogP contribution is 2.44. The molecule has 0 bridgehead atoms. The molecule has 3 unspecified atom stereocenters. The van der Waals surface area contributed by atoms with Crippen LogP contribution in [-0.4, -0.2) is 65.7 Å². The number of fused-ring (bicyclic) bond motifs is 1. The van der Waals surface area contributed by atoms with Gasteiger partial charge in [-0.05, 0) is 92.9 Å². The predicted octanol–water partition coefficient (Wildman–Crippen LogP) is 4.89. The first-order valence-electron chi connectivity index (χ1n) is 13.6. The topological polar surface area (TPSA) is 55.8 Å². The molecule has 0 aliphatic carbocycles. The van der Waals surface area contributed by atoms with Gasteiger partial charge in [-0.3, -0.25) is 4.79 Å². The maximum absolute atomic E-state index is 13.4. The zero-order chi connectivity index (χ0) is 25.9. The van der Waals surface area contributed by atoms with Gasteiger partial charge in [-0.25, -0.2) is 8.78 Å². The molecule has 0 spiro atoms. The number of aliphatic hydroxyl groups excluding tert-OH is 1. The number of carbonyl (C=O) groups excluding carboxylic acids is 1. The molecule has 3 aliphatic rings. The van der Waals surface area contributed by atoms with E-state index in [9.17, 15) is 18.7 Å². The van der Waals surface area contributed by atoms with Gasteiger partial charge < -0.3 is 20.2 Å². The number of carbonyl (C=O) groups is 1. The van der Waals surface area contributed by atoms with Crippen molar-refractivity contribution >= 4 is 17.7 Å². The third kappa shape index (κ3) is 6.04. The second-order valence-corrected chi connectivity index (χ2v) is 11.0. The number of nitrogens with one attached hydrogen (secondary N) is 1. The molecule has 3 heterocycles. The van der Waals surface area contributed by atoms with Gasteiger partial charge in [0.2, 0.25) is 5.91 Å². The first-order chi connectivity index (χ1) is 17.9. The summed E-state index contributed by atoms with van der Waals surface area (Å²) >= 11 is 0. The maximum atomic E-state index is 13.4. The number of anilines is 1. The first-order valence-corrected chi connectivity index (χ1v) is 13.6. The quantitative estimate of drug-likeness (QED) is 0.545. The van der Waals surface area contributed by atoms with Crippen LogP contribution in [0.4, 0.5) is 14.5 Å². The number of aliphatic hydroxyl groups is 1. The van der Waals surface area contributed by atoms with E-state index in [-0.39, 0.29) is 11.8 Å². The van der Waals surface area contributed by atoms with Gasteiger partial charge in [0.1, 0.15) is 11.6 Å². The molecule has 0 saturated carbocycles. The highest BCUT2D eigenvalue weighted by Gasteiger charge is 2.37. The van der Waals surface area contributed by atoms with Gasteiger partial charge >= 0.3 is 0 Å². The molecule has 5 nitrogen and oxygen atoms in total. The smallest absolute Gasteiger partial charge is 0.246 e. The molecule has 0 aromatic heterocycles. The van der Waals surface area contributed by atoms with Crippen LogP contribution in [0.1, 0.15) is 49.7 Å². The molecule has 198 valence electrons. The van der Waals surface area contributed by atoms with E-state index in [0.717, 1.165) is 44.8 Å². The van der Waals surface area contributed by atoms with Gasteiger partial charge in [0, 0.05) is 49.4 Å². The van der Waals surface area contributed by atoms with Crippen LogP contribution in [0.25, 0.3) is 6.08 Å². The van der Waals surface area contributed by atoms with E-state index >= 15 is 0 Å². The number of amides is 1. The van der Waals surface area contributed by atoms with Gasteiger partial charge in [-0.2, -0.15) is 0 Å². The molecule has 2 aromatic carbocycles. The lowest BCUT2D eigenvalue weighted by Crippen LogP contribution is -2.46. The zero-order valence-electron chi connectivity index (χ0n) is 21.5. The fourth-order valence-electron chi connectivity index (χ4n) is 6.54. The van der Waals surface area contributed by atoms with Crippen molar-refractivity contribution in [3.05, 3.63) is 71.3 Å². The molecule has 1 amide bonds. The Morgan fingerprint density at radius 3 is 2.43 bits per heavy atom. The Kier molecular flexibility index (Phi) is 7.91. The van der Waals surface area contributed by atoms with Crippen molar-refractivity contribution in [3.8, 4) is 0 Å². The third-order valence-corrected chi connectivity index (χ3v) is 8.53. The minimum absolute atomic E-state index is 0.170. The lowest BCUT2D eigenvalue weighted by Gasteiger charge is -2.39. The van der Waals surface area contributed by atoms with Crippen LogP contribution in [0.15, 0.2) is 48.5 Å². The largest absolute Gasteiger partial charge is 0.392 e. The van der Waals surface area contributed by atoms with Crippen molar-refractivity contribution in [1.29, 1.82) is 0 Å². The number of β-amino-alcohol motifs (C(OH)–C–C–N with tert-alkyl or cyclic N) is 1. The Bertz CT molecular complexity index is 1100. The Morgan fingerprint density at radius 2 is 1.73 bits per heavy atom. The highest BCUT2D eigenvalue weighted by molar-refractivity contribution is 5.91. The SMILES string of the molecule is CC1Nc2ccccc2C1C1CCN(CC(O)C2CCN(C(=O)/C=C/c3cc(F)cc(F)c3)CC2)CC1. The number of benzene rings is 2. The van der Waals surface area contributed by atoms with Gasteiger partial charge in [-0.1, -0.05) is 18.2 Å². The lowest BCUT2D eigenvalue weighted by molar-refractivity contribution is -0.128. The van der Waals surface area contributed by atoms with Gasteiger partial charge in [0.25, 0.3) is 0 Å². The number of likely N-dealkylation sites (tertiary alicyclic amines) is 2. The molecular formula is C30H37F2N3O2. The average Bonchev–Trinajstić information content (AvgIpc) is 3.23. The van der Waals surface area contributed by atoms with Crippen molar-refractivity contribution in [3.63, 3.8) is 0 Å². The summed E-state index contributed by atoms with van der Waals surface area (Å²) in [7, 11) is 0. The Hall–Kier alpha value is -2.77. The van der Waals surface area contributed by atoms with Gasteiger partial charge in [0.05, 0.1) is 6.10 Å². The second kappa shape index (κ2) is 11.3. The van der Waals surface area contributed by atoms with Crippen molar-refractivity contribution < 1.29 is 18.7 Å². The zero-order valence-corrected chi connectivity index (χ0v) is 21.5. The predicted molar refractivity (Wildman–Crippen MR) is 142 cm³/mol. The van der Waals surface area contributed by atoms with E-state index in [1.54, 1.807) is 4.90 Å². The number of piperidine rings is 2. The number of hydrogen-bond donors (Lipinski definition) is 2. The number of para-hydroxylation sites is 1. The second-order valence-electron chi connectivity index (χ2n) is 11.0. The Morgan fingerprint density at radius 1 is 1.05 bits per heavy atom. The Balaban J connectivity index is 1.06. The third-order valence-electron chi connectivity index (χ3n) is 8.53. The molecule has 2 fully saturated rings. The number of rotatable bonds is 6. The molecule has 2 saturated heterocycles. The van der Waals surface area contributed by atoms with Crippen molar-refractivity contribution in [2.45, 2.75) is 50.7 Å².